The molecule has 0 spiro atoms. The Hall–Kier alpha value is -0.0800. The Morgan fingerprint density at radius 3 is 2.00 bits per heavy atom. The molecule has 3 N–H and O–H groups in total. The summed E-state index contributed by atoms with van der Waals surface area (Å²) in [6.45, 7) is 9.53. The van der Waals surface area contributed by atoms with Gasteiger partial charge in [-0.1, -0.05) is 20.8 Å². The van der Waals surface area contributed by atoms with Crippen molar-refractivity contribution in [1.29, 1.82) is 0 Å². The van der Waals surface area contributed by atoms with Gasteiger partial charge in [0.15, 0.2) is 0 Å². The second-order valence-corrected chi connectivity index (χ2v) is 3.40. The summed E-state index contributed by atoms with van der Waals surface area (Å²) in [7, 11) is 0. The summed E-state index contributed by atoms with van der Waals surface area (Å²) in [5.41, 5.74) is 5.68. The van der Waals surface area contributed by atoms with Gasteiger partial charge in [-0.3, -0.25) is 0 Å². The van der Waals surface area contributed by atoms with Crippen LogP contribution in [-0.4, -0.2) is 18.6 Å². The first-order chi connectivity index (χ1) is 4.54. The fraction of sp³-hybridized carbons (Fsp3) is 1.00. The zero-order chi connectivity index (χ0) is 8.15. The van der Waals surface area contributed by atoms with Gasteiger partial charge in [-0.2, -0.15) is 0 Å². The molecule has 0 amide bonds. The van der Waals surface area contributed by atoms with E-state index in [1.807, 2.05) is 6.92 Å². The smallest absolute Gasteiger partial charge is 0.00482 e. The highest BCUT2D eigenvalue weighted by molar-refractivity contribution is 4.67. The van der Waals surface area contributed by atoms with Crippen molar-refractivity contribution in [2.75, 3.05) is 6.54 Å². The van der Waals surface area contributed by atoms with E-state index in [1.165, 1.54) is 0 Å². The number of hydrogen-bond acceptors (Lipinski definition) is 2. The highest BCUT2D eigenvalue weighted by atomic mass is 14.9. The Kier molecular flexibility index (Phi) is 4.65. The van der Waals surface area contributed by atoms with E-state index in [9.17, 15) is 0 Å². The summed E-state index contributed by atoms with van der Waals surface area (Å²) in [5.74, 6) is 0.572. The Labute approximate surface area is 64.2 Å². The number of hydrogen-bond donors (Lipinski definition) is 2. The maximum absolute atomic E-state index is 5.68. The Morgan fingerprint density at radius 2 is 1.70 bits per heavy atom. The summed E-state index contributed by atoms with van der Waals surface area (Å²) >= 11 is 0. The highest BCUT2D eigenvalue weighted by Crippen LogP contribution is 1.97. The largest absolute Gasteiger partial charge is 0.328 e. The molecule has 0 heterocycles. The van der Waals surface area contributed by atoms with Crippen molar-refractivity contribution in [3.05, 3.63) is 0 Å². The van der Waals surface area contributed by atoms with Crippen LogP contribution in [0.3, 0.4) is 0 Å². The first-order valence-electron chi connectivity index (χ1n) is 4.03. The van der Waals surface area contributed by atoms with Gasteiger partial charge in [-0.25, -0.2) is 0 Å². The maximum atomic E-state index is 5.68. The quantitative estimate of drug-likeness (QED) is 0.617. The van der Waals surface area contributed by atoms with E-state index >= 15 is 0 Å². The topological polar surface area (TPSA) is 38.0 Å². The minimum atomic E-state index is 0.297. The summed E-state index contributed by atoms with van der Waals surface area (Å²) in [4.78, 5) is 0. The van der Waals surface area contributed by atoms with Crippen molar-refractivity contribution in [2.24, 2.45) is 11.7 Å². The molecule has 2 unspecified atom stereocenters. The van der Waals surface area contributed by atoms with E-state index < -0.39 is 0 Å². The van der Waals surface area contributed by atoms with Gasteiger partial charge in [0, 0.05) is 12.1 Å². The van der Waals surface area contributed by atoms with Crippen LogP contribution in [0.4, 0.5) is 0 Å². The summed E-state index contributed by atoms with van der Waals surface area (Å²) in [6.07, 6.45) is 0. The molecule has 2 nitrogen and oxygen atoms in total. The van der Waals surface area contributed by atoms with Crippen LogP contribution in [0.25, 0.3) is 0 Å². The van der Waals surface area contributed by atoms with Gasteiger partial charge in [0.2, 0.25) is 0 Å². The van der Waals surface area contributed by atoms with Crippen molar-refractivity contribution in [3.8, 4) is 0 Å². The van der Waals surface area contributed by atoms with Crippen LogP contribution in [0.5, 0.6) is 0 Å². The third-order valence-corrected chi connectivity index (χ3v) is 1.75. The normalized spacial score (nSPS) is 17.4. The zero-order valence-corrected chi connectivity index (χ0v) is 7.52. The number of nitrogens with one attached hydrogen (secondary N) is 1. The minimum Gasteiger partial charge on any atom is -0.328 e. The van der Waals surface area contributed by atoms with Crippen molar-refractivity contribution in [2.45, 2.75) is 39.8 Å². The molecule has 0 aliphatic carbocycles. The lowest BCUT2D eigenvalue weighted by Gasteiger charge is -2.17. The molecular formula is C8H20N2. The van der Waals surface area contributed by atoms with E-state index in [4.69, 9.17) is 5.73 Å². The van der Waals surface area contributed by atoms with Gasteiger partial charge < -0.3 is 11.1 Å². The third-order valence-electron chi connectivity index (χ3n) is 1.75. The molecule has 0 radical (unpaired) electrons. The van der Waals surface area contributed by atoms with E-state index in [0.29, 0.717) is 18.0 Å². The molecule has 0 aliphatic heterocycles. The molecule has 0 saturated carbocycles. The lowest BCUT2D eigenvalue weighted by Crippen LogP contribution is -2.35. The predicted octanol–water partition coefficient (Wildman–Crippen LogP) is 0.968. The lowest BCUT2D eigenvalue weighted by molar-refractivity contribution is 0.425. The number of nitrogens with two attached hydrogens (primary N) is 1. The number of rotatable bonds is 4. The summed E-state index contributed by atoms with van der Waals surface area (Å²) in [5, 5.41) is 3.35. The van der Waals surface area contributed by atoms with Gasteiger partial charge in [-0.15, -0.1) is 0 Å². The Balaban J connectivity index is 3.30. The molecule has 0 fully saturated rings. The van der Waals surface area contributed by atoms with Crippen LogP contribution in [0, 0.1) is 5.92 Å². The SMILES string of the molecule is CC(C)NCC(C)C(C)N. The highest BCUT2D eigenvalue weighted by Gasteiger charge is 2.06. The lowest BCUT2D eigenvalue weighted by atomic mass is 10.1. The van der Waals surface area contributed by atoms with Crippen LogP contribution in [0.1, 0.15) is 27.7 Å². The second kappa shape index (κ2) is 4.69. The first-order valence-corrected chi connectivity index (χ1v) is 4.03. The second-order valence-electron chi connectivity index (χ2n) is 3.40. The fourth-order valence-corrected chi connectivity index (χ4v) is 0.607. The molecule has 0 rings (SSSR count). The van der Waals surface area contributed by atoms with Crippen LogP contribution in [0.15, 0.2) is 0 Å². The van der Waals surface area contributed by atoms with Gasteiger partial charge in [-0.05, 0) is 19.4 Å². The molecule has 0 bridgehead atoms. The van der Waals surface area contributed by atoms with Crippen molar-refractivity contribution in [3.63, 3.8) is 0 Å². The minimum absolute atomic E-state index is 0.297. The standard InChI is InChI=1S/C8H20N2/c1-6(2)10-5-7(3)8(4)9/h6-8,10H,5,9H2,1-4H3. The van der Waals surface area contributed by atoms with E-state index in [1.54, 1.807) is 0 Å². The van der Waals surface area contributed by atoms with Gasteiger partial charge >= 0.3 is 0 Å². The average molecular weight is 144 g/mol. The molecular weight excluding hydrogens is 124 g/mol. The molecule has 0 aliphatic rings. The Bertz CT molecular complexity index is 79.3. The maximum Gasteiger partial charge on any atom is 0.00482 e. The van der Waals surface area contributed by atoms with Crippen molar-refractivity contribution >= 4 is 0 Å². The fourth-order valence-electron chi connectivity index (χ4n) is 0.607. The predicted molar refractivity (Wildman–Crippen MR) is 46.0 cm³/mol. The molecule has 10 heavy (non-hydrogen) atoms. The summed E-state index contributed by atoms with van der Waals surface area (Å²) < 4.78 is 0. The van der Waals surface area contributed by atoms with E-state index in [2.05, 4.69) is 26.1 Å². The summed E-state index contributed by atoms with van der Waals surface area (Å²) in [6, 6.07) is 0.868. The third kappa shape index (κ3) is 4.77. The van der Waals surface area contributed by atoms with Gasteiger partial charge in [0.1, 0.15) is 0 Å². The molecule has 2 atom stereocenters. The van der Waals surface area contributed by atoms with Crippen molar-refractivity contribution in [1.82, 2.24) is 5.32 Å². The average Bonchev–Trinajstić information content (AvgIpc) is 1.82. The van der Waals surface area contributed by atoms with Crippen LogP contribution in [0.2, 0.25) is 0 Å². The van der Waals surface area contributed by atoms with E-state index in [-0.39, 0.29) is 0 Å². The van der Waals surface area contributed by atoms with Crippen LogP contribution in [-0.2, 0) is 0 Å². The van der Waals surface area contributed by atoms with Crippen molar-refractivity contribution < 1.29 is 0 Å². The van der Waals surface area contributed by atoms with Gasteiger partial charge in [0.25, 0.3) is 0 Å². The van der Waals surface area contributed by atoms with Gasteiger partial charge in [0.05, 0.1) is 0 Å². The molecule has 0 aromatic rings. The molecule has 0 aromatic heterocycles. The monoisotopic (exact) mass is 144 g/mol. The molecule has 62 valence electrons. The van der Waals surface area contributed by atoms with Crippen LogP contribution < -0.4 is 11.1 Å². The van der Waals surface area contributed by atoms with E-state index in [0.717, 1.165) is 6.54 Å². The molecule has 0 aromatic carbocycles. The van der Waals surface area contributed by atoms with Crippen LogP contribution >= 0.6 is 0 Å². The first kappa shape index (κ1) is 9.92. The molecule has 0 saturated heterocycles. The zero-order valence-electron chi connectivity index (χ0n) is 7.52. The Morgan fingerprint density at radius 1 is 1.20 bits per heavy atom. The molecule has 2 heteroatoms.